The summed E-state index contributed by atoms with van der Waals surface area (Å²) in [4.78, 5) is 11.5. The molecule has 5 rings (SSSR count). The SMILES string of the molecule is Clc1ccc(-c2noc(CN3CCC(c4nc5ccccc5o4)CC3)n2)cc1. The summed E-state index contributed by atoms with van der Waals surface area (Å²) in [6.07, 6.45) is 2.01. The molecule has 2 aromatic heterocycles. The number of rotatable bonds is 4. The molecule has 1 aliphatic heterocycles. The molecule has 28 heavy (non-hydrogen) atoms. The van der Waals surface area contributed by atoms with E-state index in [2.05, 4.69) is 20.0 Å². The van der Waals surface area contributed by atoms with Crippen LogP contribution in [0.5, 0.6) is 0 Å². The molecule has 0 spiro atoms. The molecule has 3 heterocycles. The fourth-order valence-electron chi connectivity index (χ4n) is 3.63. The van der Waals surface area contributed by atoms with Crippen LogP contribution in [0.15, 0.2) is 57.5 Å². The van der Waals surface area contributed by atoms with Crippen LogP contribution < -0.4 is 0 Å². The van der Waals surface area contributed by atoms with Crippen molar-refractivity contribution in [3.63, 3.8) is 0 Å². The third kappa shape index (κ3) is 3.53. The van der Waals surface area contributed by atoms with Crippen LogP contribution >= 0.6 is 11.6 Å². The summed E-state index contributed by atoms with van der Waals surface area (Å²) in [5, 5.41) is 4.78. The van der Waals surface area contributed by atoms with Gasteiger partial charge in [0.15, 0.2) is 11.5 Å². The predicted molar refractivity (Wildman–Crippen MR) is 106 cm³/mol. The van der Waals surface area contributed by atoms with Gasteiger partial charge in [-0.05, 0) is 62.3 Å². The number of hydrogen-bond acceptors (Lipinski definition) is 6. The predicted octanol–water partition coefficient (Wildman–Crippen LogP) is 4.91. The summed E-state index contributed by atoms with van der Waals surface area (Å²) >= 11 is 5.93. The first-order valence-corrected chi connectivity index (χ1v) is 9.79. The molecule has 0 amide bonds. The maximum absolute atomic E-state index is 5.94. The van der Waals surface area contributed by atoms with Crippen molar-refractivity contribution in [3.05, 3.63) is 65.3 Å². The number of hydrogen-bond donors (Lipinski definition) is 0. The smallest absolute Gasteiger partial charge is 0.241 e. The fraction of sp³-hybridized carbons (Fsp3) is 0.286. The second-order valence-electron chi connectivity index (χ2n) is 7.09. The van der Waals surface area contributed by atoms with E-state index in [1.54, 1.807) is 0 Å². The summed E-state index contributed by atoms with van der Waals surface area (Å²) in [5.74, 6) is 2.43. The zero-order valence-corrected chi connectivity index (χ0v) is 16.0. The van der Waals surface area contributed by atoms with Crippen molar-refractivity contribution in [2.45, 2.75) is 25.3 Å². The van der Waals surface area contributed by atoms with Gasteiger partial charge in [-0.3, -0.25) is 4.90 Å². The largest absolute Gasteiger partial charge is 0.440 e. The number of oxazole rings is 1. The molecule has 6 nitrogen and oxygen atoms in total. The minimum absolute atomic E-state index is 0.357. The molecule has 7 heteroatoms. The number of benzene rings is 2. The van der Waals surface area contributed by atoms with E-state index in [4.69, 9.17) is 20.5 Å². The van der Waals surface area contributed by atoms with Crippen LogP contribution in [0, 0.1) is 0 Å². The molecular weight excluding hydrogens is 376 g/mol. The van der Waals surface area contributed by atoms with Crippen LogP contribution in [0.25, 0.3) is 22.5 Å². The summed E-state index contributed by atoms with van der Waals surface area (Å²) < 4.78 is 11.4. The zero-order chi connectivity index (χ0) is 18.9. The Hall–Kier alpha value is -2.70. The van der Waals surface area contributed by atoms with Gasteiger partial charge < -0.3 is 8.94 Å². The molecule has 1 fully saturated rings. The number of para-hydroxylation sites is 2. The maximum atomic E-state index is 5.94. The molecule has 142 valence electrons. The van der Waals surface area contributed by atoms with Gasteiger partial charge >= 0.3 is 0 Å². The normalized spacial score (nSPS) is 16.0. The summed E-state index contributed by atoms with van der Waals surface area (Å²) in [5.41, 5.74) is 2.69. The van der Waals surface area contributed by atoms with Crippen molar-refractivity contribution in [2.75, 3.05) is 13.1 Å². The van der Waals surface area contributed by atoms with Gasteiger partial charge in [0.1, 0.15) is 5.52 Å². The van der Waals surface area contributed by atoms with Crippen molar-refractivity contribution in [1.82, 2.24) is 20.0 Å². The Morgan fingerprint density at radius 1 is 1.00 bits per heavy atom. The minimum Gasteiger partial charge on any atom is -0.440 e. The van der Waals surface area contributed by atoms with Crippen LogP contribution in [0.3, 0.4) is 0 Å². The lowest BCUT2D eigenvalue weighted by atomic mass is 9.97. The Morgan fingerprint density at radius 2 is 1.79 bits per heavy atom. The Kier molecular flexibility index (Phi) is 4.58. The Balaban J connectivity index is 1.21. The first kappa shape index (κ1) is 17.4. The highest BCUT2D eigenvalue weighted by atomic mass is 35.5. The van der Waals surface area contributed by atoms with E-state index in [-0.39, 0.29) is 0 Å². The lowest BCUT2D eigenvalue weighted by molar-refractivity contribution is 0.173. The molecular formula is C21H19ClN4O2. The molecule has 4 aromatic rings. The molecule has 0 atom stereocenters. The molecule has 0 unspecified atom stereocenters. The van der Waals surface area contributed by atoms with Gasteiger partial charge in [0.25, 0.3) is 0 Å². The number of fused-ring (bicyclic) bond motifs is 1. The maximum Gasteiger partial charge on any atom is 0.241 e. The average Bonchev–Trinajstić information content (AvgIpc) is 3.36. The second kappa shape index (κ2) is 7.37. The average molecular weight is 395 g/mol. The molecule has 0 aliphatic carbocycles. The standard InChI is InChI=1S/C21H19ClN4O2/c22-16-7-5-14(6-8-16)20-24-19(28-25-20)13-26-11-9-15(10-12-26)21-23-17-3-1-2-4-18(17)27-21/h1-8,15H,9-13H2. The van der Waals surface area contributed by atoms with Gasteiger partial charge in [-0.15, -0.1) is 0 Å². The van der Waals surface area contributed by atoms with Crippen molar-refractivity contribution in [1.29, 1.82) is 0 Å². The van der Waals surface area contributed by atoms with Crippen LogP contribution in [-0.4, -0.2) is 33.1 Å². The molecule has 2 aromatic carbocycles. The van der Waals surface area contributed by atoms with Gasteiger partial charge in [-0.2, -0.15) is 4.98 Å². The Labute approximate surface area is 167 Å². The Morgan fingerprint density at radius 3 is 2.57 bits per heavy atom. The first-order chi connectivity index (χ1) is 13.7. The second-order valence-corrected chi connectivity index (χ2v) is 7.53. The number of piperidine rings is 1. The third-order valence-electron chi connectivity index (χ3n) is 5.18. The van der Waals surface area contributed by atoms with E-state index < -0.39 is 0 Å². The fourth-order valence-corrected chi connectivity index (χ4v) is 3.76. The van der Waals surface area contributed by atoms with Gasteiger partial charge in [0.05, 0.1) is 6.54 Å². The lowest BCUT2D eigenvalue weighted by Crippen LogP contribution is -2.32. The quantitative estimate of drug-likeness (QED) is 0.489. The van der Waals surface area contributed by atoms with E-state index in [0.29, 0.717) is 29.2 Å². The van der Waals surface area contributed by atoms with Crippen molar-refractivity contribution in [2.24, 2.45) is 0 Å². The summed E-state index contributed by atoms with van der Waals surface area (Å²) in [6.45, 7) is 2.55. The molecule has 0 N–H and O–H groups in total. The highest BCUT2D eigenvalue weighted by Gasteiger charge is 2.25. The summed E-state index contributed by atoms with van der Waals surface area (Å²) in [6, 6.07) is 15.3. The van der Waals surface area contributed by atoms with Crippen molar-refractivity contribution in [3.8, 4) is 11.4 Å². The molecule has 0 saturated carbocycles. The van der Waals surface area contributed by atoms with E-state index >= 15 is 0 Å². The van der Waals surface area contributed by atoms with Crippen molar-refractivity contribution < 1.29 is 8.94 Å². The Bertz CT molecular complexity index is 1050. The topological polar surface area (TPSA) is 68.2 Å². The molecule has 1 saturated heterocycles. The van der Waals surface area contributed by atoms with Gasteiger partial charge in [0, 0.05) is 16.5 Å². The molecule has 0 bridgehead atoms. The van der Waals surface area contributed by atoms with Crippen LogP contribution in [-0.2, 0) is 6.54 Å². The first-order valence-electron chi connectivity index (χ1n) is 9.41. The van der Waals surface area contributed by atoms with Gasteiger partial charge in [-0.25, -0.2) is 4.98 Å². The zero-order valence-electron chi connectivity index (χ0n) is 15.2. The lowest BCUT2D eigenvalue weighted by Gasteiger charge is -2.29. The van der Waals surface area contributed by atoms with Gasteiger partial charge in [0.2, 0.25) is 11.7 Å². The third-order valence-corrected chi connectivity index (χ3v) is 5.43. The minimum atomic E-state index is 0.357. The monoisotopic (exact) mass is 394 g/mol. The van der Waals surface area contributed by atoms with Crippen LogP contribution in [0.4, 0.5) is 0 Å². The van der Waals surface area contributed by atoms with E-state index in [9.17, 15) is 0 Å². The van der Waals surface area contributed by atoms with Crippen LogP contribution in [0.2, 0.25) is 5.02 Å². The van der Waals surface area contributed by atoms with E-state index in [1.165, 1.54) is 0 Å². The van der Waals surface area contributed by atoms with E-state index in [1.807, 2.05) is 48.5 Å². The van der Waals surface area contributed by atoms with E-state index in [0.717, 1.165) is 48.5 Å². The highest BCUT2D eigenvalue weighted by molar-refractivity contribution is 6.30. The molecule has 0 radical (unpaired) electrons. The highest BCUT2D eigenvalue weighted by Crippen LogP contribution is 2.30. The van der Waals surface area contributed by atoms with Crippen molar-refractivity contribution >= 4 is 22.7 Å². The van der Waals surface area contributed by atoms with Gasteiger partial charge in [-0.1, -0.05) is 28.9 Å². The van der Waals surface area contributed by atoms with Crippen LogP contribution in [0.1, 0.15) is 30.5 Å². The number of nitrogens with zero attached hydrogens (tertiary/aromatic N) is 4. The number of aromatic nitrogens is 3. The number of halogens is 1. The summed E-state index contributed by atoms with van der Waals surface area (Å²) in [7, 11) is 0. The number of likely N-dealkylation sites (tertiary alicyclic amines) is 1. The molecule has 1 aliphatic rings.